The number of nitrogens with zero attached hydrogens (tertiary/aromatic N) is 3. The molecule has 158 valence electrons. The second-order valence-corrected chi connectivity index (χ2v) is 8.24. The third-order valence-electron chi connectivity index (χ3n) is 5.11. The van der Waals surface area contributed by atoms with Crippen LogP contribution in [0.25, 0.3) is 11.3 Å². The molecule has 0 unspecified atom stereocenters. The van der Waals surface area contributed by atoms with Crippen molar-refractivity contribution in [3.63, 3.8) is 0 Å². The lowest BCUT2D eigenvalue weighted by atomic mass is 10.1. The summed E-state index contributed by atoms with van der Waals surface area (Å²) < 4.78 is 1.27. The predicted octanol–water partition coefficient (Wildman–Crippen LogP) is 1.87. The van der Waals surface area contributed by atoms with Gasteiger partial charge in [-0.15, -0.1) is 11.3 Å². The largest absolute Gasteiger partial charge is 0.409 e. The quantitative estimate of drug-likeness (QED) is 0.514. The van der Waals surface area contributed by atoms with Crippen LogP contribution >= 0.6 is 11.3 Å². The molecule has 1 saturated heterocycles. The number of hydrogen-bond acceptors (Lipinski definition) is 6. The van der Waals surface area contributed by atoms with E-state index in [-0.39, 0.29) is 24.5 Å². The lowest BCUT2D eigenvalue weighted by molar-refractivity contribution is -0.115. The standard InChI is InChI=1S/C21H22BN5O3S/c22-27-9-4-15(12-27)20(30)23-11-19(29)25-21-24-18(13-31-21)14-2-1-3-16(10-14)26-7-5-17(28)6-8-26/h1-4,9-10,12-13,17,28H,5-8,11H2,(H,23,30)(H,24,25,29). The highest BCUT2D eigenvalue weighted by Gasteiger charge is 2.18. The zero-order chi connectivity index (χ0) is 21.8. The lowest BCUT2D eigenvalue weighted by Gasteiger charge is -2.31. The molecule has 3 aromatic rings. The van der Waals surface area contributed by atoms with E-state index in [1.165, 1.54) is 22.0 Å². The van der Waals surface area contributed by atoms with Crippen molar-refractivity contribution in [1.82, 2.24) is 14.8 Å². The maximum Gasteiger partial charge on any atom is 0.253 e. The minimum Gasteiger partial charge on any atom is -0.409 e. The van der Waals surface area contributed by atoms with Gasteiger partial charge in [-0.25, -0.2) is 4.98 Å². The number of piperidine rings is 1. The van der Waals surface area contributed by atoms with Crippen molar-refractivity contribution < 1.29 is 14.7 Å². The van der Waals surface area contributed by atoms with Crippen molar-refractivity contribution >= 4 is 42.0 Å². The summed E-state index contributed by atoms with van der Waals surface area (Å²) in [6.45, 7) is 1.48. The topological polar surface area (TPSA) is 99.5 Å². The van der Waals surface area contributed by atoms with Gasteiger partial charge in [0.05, 0.1) is 23.9 Å². The van der Waals surface area contributed by atoms with Gasteiger partial charge in [0.2, 0.25) is 13.9 Å². The highest BCUT2D eigenvalue weighted by atomic mass is 32.1. The van der Waals surface area contributed by atoms with Crippen LogP contribution in [0.4, 0.5) is 10.8 Å². The Balaban J connectivity index is 1.34. The number of aliphatic hydroxyl groups is 1. The SMILES string of the molecule is [B]n1ccc(C(=O)NCC(=O)Nc2nc(-c3cccc(N4CCC(O)CC4)c3)cs2)c1. The number of benzene rings is 1. The molecule has 2 amide bonds. The minimum atomic E-state index is -0.374. The van der Waals surface area contributed by atoms with Gasteiger partial charge in [0.1, 0.15) is 0 Å². The average molecular weight is 435 g/mol. The van der Waals surface area contributed by atoms with Crippen LogP contribution in [-0.4, -0.2) is 60.1 Å². The molecule has 1 aliphatic heterocycles. The first kappa shape index (κ1) is 21.1. The third kappa shape index (κ3) is 5.34. The molecule has 3 N–H and O–H groups in total. The van der Waals surface area contributed by atoms with Crippen LogP contribution in [0.5, 0.6) is 0 Å². The van der Waals surface area contributed by atoms with E-state index in [0.29, 0.717) is 10.7 Å². The lowest BCUT2D eigenvalue weighted by Crippen LogP contribution is -2.35. The van der Waals surface area contributed by atoms with E-state index in [1.54, 1.807) is 12.3 Å². The van der Waals surface area contributed by atoms with Crippen LogP contribution in [0.15, 0.2) is 48.1 Å². The van der Waals surface area contributed by atoms with E-state index < -0.39 is 0 Å². The van der Waals surface area contributed by atoms with Crippen LogP contribution in [0.3, 0.4) is 0 Å². The van der Waals surface area contributed by atoms with Gasteiger partial charge >= 0.3 is 0 Å². The van der Waals surface area contributed by atoms with Crippen LogP contribution in [0.2, 0.25) is 0 Å². The Morgan fingerprint density at radius 3 is 2.81 bits per heavy atom. The van der Waals surface area contributed by atoms with Crippen molar-refractivity contribution in [3.8, 4) is 11.3 Å². The highest BCUT2D eigenvalue weighted by molar-refractivity contribution is 7.14. The number of amides is 2. The highest BCUT2D eigenvalue weighted by Crippen LogP contribution is 2.29. The fraction of sp³-hybridized carbons (Fsp3) is 0.286. The Kier molecular flexibility index (Phi) is 6.38. The molecule has 0 aliphatic carbocycles. The molecule has 0 bridgehead atoms. The molecular formula is C21H22BN5O3S. The smallest absolute Gasteiger partial charge is 0.253 e. The van der Waals surface area contributed by atoms with Gasteiger partial charge in [0, 0.05) is 35.9 Å². The Bertz CT molecular complexity index is 1070. The number of carbonyl (C=O) groups excluding carboxylic acids is 2. The average Bonchev–Trinajstić information content (AvgIpc) is 3.42. The van der Waals surface area contributed by atoms with Gasteiger partial charge in [-0.05, 0) is 37.2 Å². The molecular weight excluding hydrogens is 413 g/mol. The molecule has 0 spiro atoms. The van der Waals surface area contributed by atoms with E-state index in [1.807, 2.05) is 17.5 Å². The zero-order valence-electron chi connectivity index (χ0n) is 16.8. The monoisotopic (exact) mass is 435 g/mol. The molecule has 10 heteroatoms. The van der Waals surface area contributed by atoms with Crippen LogP contribution in [-0.2, 0) is 4.79 Å². The molecule has 1 aromatic carbocycles. The van der Waals surface area contributed by atoms with E-state index >= 15 is 0 Å². The summed E-state index contributed by atoms with van der Waals surface area (Å²) in [5.74, 6) is -0.733. The summed E-state index contributed by atoms with van der Waals surface area (Å²) in [6, 6.07) is 9.66. The summed E-state index contributed by atoms with van der Waals surface area (Å²) in [5, 5.41) is 17.3. The number of rotatable bonds is 6. The van der Waals surface area contributed by atoms with Crippen LogP contribution in [0.1, 0.15) is 23.2 Å². The van der Waals surface area contributed by atoms with Crippen molar-refractivity contribution in [1.29, 1.82) is 0 Å². The fourth-order valence-electron chi connectivity index (χ4n) is 3.42. The first-order valence-corrected chi connectivity index (χ1v) is 10.9. The number of hydrogen-bond donors (Lipinski definition) is 3. The second-order valence-electron chi connectivity index (χ2n) is 7.38. The van der Waals surface area contributed by atoms with E-state index in [0.717, 1.165) is 42.9 Å². The van der Waals surface area contributed by atoms with Crippen molar-refractivity contribution in [2.24, 2.45) is 0 Å². The fourth-order valence-corrected chi connectivity index (χ4v) is 4.16. The van der Waals surface area contributed by atoms with E-state index in [9.17, 15) is 14.7 Å². The van der Waals surface area contributed by atoms with Gasteiger partial charge < -0.3 is 25.1 Å². The summed E-state index contributed by atoms with van der Waals surface area (Å²) >= 11 is 1.33. The maximum atomic E-state index is 12.2. The summed E-state index contributed by atoms with van der Waals surface area (Å²) in [7, 11) is 5.52. The first-order chi connectivity index (χ1) is 15.0. The van der Waals surface area contributed by atoms with E-state index in [2.05, 4.69) is 32.7 Å². The second kappa shape index (κ2) is 9.36. The molecule has 0 saturated carbocycles. The molecule has 0 atom stereocenters. The van der Waals surface area contributed by atoms with Gasteiger partial charge in [-0.1, -0.05) is 12.1 Å². The van der Waals surface area contributed by atoms with Gasteiger partial charge in [0.15, 0.2) is 5.13 Å². The normalized spacial score (nSPS) is 14.4. The number of carbonyl (C=O) groups is 2. The van der Waals surface area contributed by atoms with Crippen molar-refractivity contribution in [2.75, 3.05) is 29.9 Å². The molecule has 3 heterocycles. The first-order valence-electron chi connectivity index (χ1n) is 9.98. The summed E-state index contributed by atoms with van der Waals surface area (Å²) in [5.41, 5.74) is 3.21. The molecule has 4 rings (SSSR count). The van der Waals surface area contributed by atoms with Crippen molar-refractivity contribution in [3.05, 3.63) is 53.7 Å². The van der Waals surface area contributed by atoms with Gasteiger partial charge in [0.25, 0.3) is 5.91 Å². The Labute approximate surface area is 185 Å². The summed E-state index contributed by atoms with van der Waals surface area (Å²) in [6.07, 6.45) is 4.35. The Morgan fingerprint density at radius 2 is 2.06 bits per heavy atom. The number of aliphatic hydroxyl groups excluding tert-OH is 1. The predicted molar refractivity (Wildman–Crippen MR) is 122 cm³/mol. The van der Waals surface area contributed by atoms with E-state index in [4.69, 9.17) is 7.98 Å². The molecule has 1 fully saturated rings. The summed E-state index contributed by atoms with van der Waals surface area (Å²) in [4.78, 5) is 30.9. The van der Waals surface area contributed by atoms with Crippen LogP contribution in [0, 0.1) is 0 Å². The van der Waals surface area contributed by atoms with Gasteiger partial charge in [-0.2, -0.15) is 0 Å². The number of nitrogens with one attached hydrogen (secondary N) is 2. The molecule has 2 radical (unpaired) electrons. The molecule has 31 heavy (non-hydrogen) atoms. The third-order valence-corrected chi connectivity index (χ3v) is 5.87. The maximum absolute atomic E-state index is 12.2. The van der Waals surface area contributed by atoms with Crippen LogP contribution < -0.4 is 15.5 Å². The van der Waals surface area contributed by atoms with Gasteiger partial charge in [-0.3, -0.25) is 9.59 Å². The molecule has 1 aliphatic rings. The zero-order valence-corrected chi connectivity index (χ0v) is 17.6. The van der Waals surface area contributed by atoms with Crippen molar-refractivity contribution in [2.45, 2.75) is 18.9 Å². The Hall–Kier alpha value is -3.11. The molecule has 8 nitrogen and oxygen atoms in total. The number of thiazole rings is 1. The number of aromatic nitrogens is 2. The molecule has 2 aromatic heterocycles. The Morgan fingerprint density at radius 1 is 1.26 bits per heavy atom. The number of anilines is 2. The minimum absolute atomic E-state index is 0.167.